The molecule has 4 heteroatoms. The summed E-state index contributed by atoms with van der Waals surface area (Å²) in [7, 11) is 0. The summed E-state index contributed by atoms with van der Waals surface area (Å²) in [5.41, 5.74) is -0.427. The van der Waals surface area contributed by atoms with Crippen molar-refractivity contribution in [3.63, 3.8) is 0 Å². The number of fused-ring (bicyclic) bond motifs is 1. The number of carbonyl (C=O) groups is 1. The van der Waals surface area contributed by atoms with Gasteiger partial charge in [0.25, 0.3) is 0 Å². The quantitative estimate of drug-likeness (QED) is 0.707. The number of aliphatic hydroxyl groups excluding tert-OH is 1. The smallest absolute Gasteiger partial charge is 0.410 e. The molecule has 0 aromatic carbocycles. The van der Waals surface area contributed by atoms with Gasteiger partial charge in [0.05, 0.1) is 6.10 Å². The van der Waals surface area contributed by atoms with Crippen molar-refractivity contribution in [1.29, 1.82) is 0 Å². The molecule has 2 rings (SSSR count). The molecule has 4 nitrogen and oxygen atoms in total. The Labute approximate surface area is 103 Å². The van der Waals surface area contributed by atoms with Crippen LogP contribution in [0.5, 0.6) is 0 Å². The van der Waals surface area contributed by atoms with Crippen molar-refractivity contribution < 1.29 is 14.6 Å². The van der Waals surface area contributed by atoms with E-state index in [0.717, 1.165) is 32.2 Å². The highest BCUT2D eigenvalue weighted by Gasteiger charge is 2.41. The minimum absolute atomic E-state index is 0.171. The molecule has 1 saturated heterocycles. The van der Waals surface area contributed by atoms with Gasteiger partial charge < -0.3 is 14.7 Å². The number of aliphatic hydroxyl groups is 1. The van der Waals surface area contributed by atoms with E-state index in [0.29, 0.717) is 5.92 Å². The Bertz CT molecular complexity index is 298. The predicted molar refractivity (Wildman–Crippen MR) is 64.7 cm³/mol. The van der Waals surface area contributed by atoms with Gasteiger partial charge in [0.15, 0.2) is 0 Å². The first-order valence-electron chi connectivity index (χ1n) is 6.54. The SMILES string of the molecule is CC(C)(C)OC(=O)N1CC[C@H]2C[C@H](O)CC[C@H]21. The van der Waals surface area contributed by atoms with Crippen LogP contribution in [0.2, 0.25) is 0 Å². The molecule has 0 unspecified atom stereocenters. The van der Waals surface area contributed by atoms with E-state index < -0.39 is 5.60 Å². The molecule has 0 radical (unpaired) electrons. The second-order valence-corrected chi connectivity index (χ2v) is 6.26. The third-order valence-electron chi connectivity index (χ3n) is 3.68. The summed E-state index contributed by atoms with van der Waals surface area (Å²) >= 11 is 0. The fraction of sp³-hybridized carbons (Fsp3) is 0.923. The number of carbonyl (C=O) groups excluding carboxylic acids is 1. The number of likely N-dealkylation sites (tertiary alicyclic amines) is 1. The topological polar surface area (TPSA) is 49.8 Å². The maximum atomic E-state index is 12.0. The van der Waals surface area contributed by atoms with E-state index in [1.165, 1.54) is 0 Å². The Hall–Kier alpha value is -0.770. The van der Waals surface area contributed by atoms with Gasteiger partial charge >= 0.3 is 6.09 Å². The Morgan fingerprint density at radius 1 is 1.29 bits per heavy atom. The molecular formula is C13H23NO3. The van der Waals surface area contributed by atoms with Gasteiger partial charge in [-0.05, 0) is 52.4 Å². The summed E-state index contributed by atoms with van der Waals surface area (Å²) < 4.78 is 5.42. The molecule has 17 heavy (non-hydrogen) atoms. The molecule has 2 fully saturated rings. The van der Waals surface area contributed by atoms with Gasteiger partial charge in [0.1, 0.15) is 5.60 Å². The molecule has 1 heterocycles. The van der Waals surface area contributed by atoms with Crippen LogP contribution in [0.4, 0.5) is 4.79 Å². The fourth-order valence-electron chi connectivity index (χ4n) is 2.96. The van der Waals surface area contributed by atoms with Crippen molar-refractivity contribution in [2.75, 3.05) is 6.54 Å². The normalized spacial score (nSPS) is 33.4. The molecule has 98 valence electrons. The first-order valence-corrected chi connectivity index (χ1v) is 6.54. The second-order valence-electron chi connectivity index (χ2n) is 6.26. The molecule has 1 N–H and O–H groups in total. The van der Waals surface area contributed by atoms with Crippen molar-refractivity contribution in [3.05, 3.63) is 0 Å². The van der Waals surface area contributed by atoms with Gasteiger partial charge in [-0.3, -0.25) is 0 Å². The van der Waals surface area contributed by atoms with Gasteiger partial charge in [0.2, 0.25) is 0 Å². The molecule has 0 spiro atoms. The van der Waals surface area contributed by atoms with Crippen molar-refractivity contribution in [2.24, 2.45) is 5.92 Å². The van der Waals surface area contributed by atoms with E-state index in [9.17, 15) is 9.90 Å². The lowest BCUT2D eigenvalue weighted by molar-refractivity contribution is 0.0107. The Kier molecular flexibility index (Phi) is 3.34. The van der Waals surface area contributed by atoms with Gasteiger partial charge in [-0.1, -0.05) is 0 Å². The molecule has 0 bridgehead atoms. The summed E-state index contributed by atoms with van der Waals surface area (Å²) in [5.74, 6) is 0.464. The fourth-order valence-corrected chi connectivity index (χ4v) is 2.96. The van der Waals surface area contributed by atoms with Crippen LogP contribution in [0.3, 0.4) is 0 Å². The lowest BCUT2D eigenvalue weighted by atomic mass is 9.83. The molecule has 3 atom stereocenters. The largest absolute Gasteiger partial charge is 0.444 e. The zero-order chi connectivity index (χ0) is 12.6. The van der Waals surface area contributed by atoms with E-state index in [-0.39, 0.29) is 18.2 Å². The van der Waals surface area contributed by atoms with Crippen molar-refractivity contribution in [1.82, 2.24) is 4.90 Å². The standard InChI is InChI=1S/C13H23NO3/c1-13(2,3)17-12(16)14-7-6-9-8-10(15)4-5-11(9)14/h9-11,15H,4-8H2,1-3H3/t9-,10+,11+/m0/s1. The van der Waals surface area contributed by atoms with Crippen LogP contribution in [0, 0.1) is 5.92 Å². The number of nitrogens with zero attached hydrogens (tertiary/aromatic N) is 1. The summed E-state index contributed by atoms with van der Waals surface area (Å²) in [6.45, 7) is 6.45. The van der Waals surface area contributed by atoms with Crippen molar-refractivity contribution in [3.8, 4) is 0 Å². The minimum atomic E-state index is -0.427. The van der Waals surface area contributed by atoms with Crippen LogP contribution in [0.1, 0.15) is 46.5 Å². The van der Waals surface area contributed by atoms with E-state index in [2.05, 4.69) is 0 Å². The first kappa shape index (κ1) is 12.7. The maximum absolute atomic E-state index is 12.0. The van der Waals surface area contributed by atoms with Crippen LogP contribution in [0.25, 0.3) is 0 Å². The highest BCUT2D eigenvalue weighted by molar-refractivity contribution is 5.69. The first-order chi connectivity index (χ1) is 7.87. The molecule has 1 aliphatic carbocycles. The van der Waals surface area contributed by atoms with Gasteiger partial charge in [-0.2, -0.15) is 0 Å². The summed E-state index contributed by atoms with van der Waals surface area (Å²) in [5, 5.41) is 9.63. The molecule has 1 amide bonds. The average molecular weight is 241 g/mol. The summed E-state index contributed by atoms with van der Waals surface area (Å²) in [4.78, 5) is 13.9. The van der Waals surface area contributed by atoms with Gasteiger partial charge in [-0.25, -0.2) is 4.79 Å². The Balaban J connectivity index is 1.97. The summed E-state index contributed by atoms with van der Waals surface area (Å²) in [6.07, 6.45) is 3.19. The molecule has 1 saturated carbocycles. The number of rotatable bonds is 0. The van der Waals surface area contributed by atoms with E-state index >= 15 is 0 Å². The maximum Gasteiger partial charge on any atom is 0.410 e. The van der Waals surface area contributed by atoms with Crippen LogP contribution in [-0.4, -0.2) is 40.4 Å². The second kappa shape index (κ2) is 4.48. The van der Waals surface area contributed by atoms with Crippen molar-refractivity contribution in [2.45, 2.75) is 64.2 Å². The van der Waals surface area contributed by atoms with E-state index in [4.69, 9.17) is 4.74 Å². The molecule has 0 aromatic rings. The van der Waals surface area contributed by atoms with Crippen LogP contribution < -0.4 is 0 Å². The number of amides is 1. The molecule has 0 aromatic heterocycles. The third kappa shape index (κ3) is 2.92. The van der Waals surface area contributed by atoms with Crippen molar-refractivity contribution >= 4 is 6.09 Å². The zero-order valence-corrected chi connectivity index (χ0v) is 11.0. The lowest BCUT2D eigenvalue weighted by Gasteiger charge is -2.34. The predicted octanol–water partition coefficient (Wildman–Crippen LogP) is 2.16. The van der Waals surface area contributed by atoms with E-state index in [1.807, 2.05) is 25.7 Å². The number of hydrogen-bond acceptors (Lipinski definition) is 3. The molecule has 1 aliphatic heterocycles. The minimum Gasteiger partial charge on any atom is -0.444 e. The van der Waals surface area contributed by atoms with Gasteiger partial charge in [0, 0.05) is 12.6 Å². The van der Waals surface area contributed by atoms with E-state index in [1.54, 1.807) is 0 Å². The lowest BCUT2D eigenvalue weighted by Crippen LogP contribution is -2.43. The Morgan fingerprint density at radius 2 is 2.00 bits per heavy atom. The monoisotopic (exact) mass is 241 g/mol. The third-order valence-corrected chi connectivity index (χ3v) is 3.68. The Morgan fingerprint density at radius 3 is 2.65 bits per heavy atom. The molecular weight excluding hydrogens is 218 g/mol. The number of hydrogen-bond donors (Lipinski definition) is 1. The molecule has 2 aliphatic rings. The van der Waals surface area contributed by atoms with Crippen LogP contribution in [-0.2, 0) is 4.74 Å². The van der Waals surface area contributed by atoms with Crippen LogP contribution in [0.15, 0.2) is 0 Å². The zero-order valence-electron chi connectivity index (χ0n) is 11.0. The van der Waals surface area contributed by atoms with Crippen LogP contribution >= 0.6 is 0 Å². The van der Waals surface area contributed by atoms with Gasteiger partial charge in [-0.15, -0.1) is 0 Å². The number of ether oxygens (including phenoxy) is 1. The highest BCUT2D eigenvalue weighted by Crippen LogP contribution is 2.36. The average Bonchev–Trinajstić information content (AvgIpc) is 2.57. The highest BCUT2D eigenvalue weighted by atomic mass is 16.6. The summed E-state index contributed by atoms with van der Waals surface area (Å²) in [6, 6.07) is 0.285.